The van der Waals surface area contributed by atoms with E-state index in [2.05, 4.69) is 10.7 Å². The number of halogens is 3. The molecule has 1 rings (SSSR count). The molecule has 5 nitrogen and oxygen atoms in total. The van der Waals surface area contributed by atoms with E-state index in [1.54, 1.807) is 13.8 Å². The summed E-state index contributed by atoms with van der Waals surface area (Å²) < 4.78 is 59.3. The van der Waals surface area contributed by atoms with Crippen molar-refractivity contribution in [2.24, 2.45) is 0 Å². The maximum atomic E-state index is 13.1. The first-order chi connectivity index (χ1) is 12.2. The summed E-state index contributed by atoms with van der Waals surface area (Å²) in [6, 6.07) is 3.48. The molecule has 0 aromatic heterocycles. The topological polar surface area (TPSA) is 54.0 Å². The number of carbonyl (C=O) groups is 1. The molecule has 0 amide bonds. The number of esters is 1. The number of rotatable bonds is 9. The summed E-state index contributed by atoms with van der Waals surface area (Å²) in [6.45, 7) is 3.50. The molecule has 1 atom stereocenters. The SMILES string of the molecule is C#CCOCCOc1cc(C(OC)C(F)(F)F)ccc1C(=O)OC(C)C. The van der Waals surface area contributed by atoms with Crippen molar-refractivity contribution in [2.45, 2.75) is 32.2 Å². The third kappa shape index (κ3) is 6.58. The van der Waals surface area contributed by atoms with Crippen LogP contribution in [0, 0.1) is 12.3 Å². The fourth-order valence-corrected chi connectivity index (χ4v) is 2.07. The molecule has 0 aliphatic heterocycles. The number of carbonyl (C=O) groups excluding carboxylic acids is 1. The summed E-state index contributed by atoms with van der Waals surface area (Å²) >= 11 is 0. The van der Waals surface area contributed by atoms with Crippen LogP contribution in [0.1, 0.15) is 35.9 Å². The van der Waals surface area contributed by atoms with Gasteiger partial charge >= 0.3 is 12.1 Å². The summed E-state index contributed by atoms with van der Waals surface area (Å²) in [6.07, 6.45) is -2.10. The van der Waals surface area contributed by atoms with Crippen molar-refractivity contribution in [2.75, 3.05) is 26.9 Å². The molecular formula is C18H21F3O5. The van der Waals surface area contributed by atoms with Crippen molar-refractivity contribution in [1.82, 2.24) is 0 Å². The lowest BCUT2D eigenvalue weighted by atomic mass is 10.0. The normalized spacial score (nSPS) is 12.5. The van der Waals surface area contributed by atoms with E-state index < -0.39 is 24.4 Å². The van der Waals surface area contributed by atoms with Crippen LogP contribution >= 0.6 is 0 Å². The molecule has 0 fully saturated rings. The first-order valence-corrected chi connectivity index (χ1v) is 7.79. The number of hydrogen-bond acceptors (Lipinski definition) is 5. The highest BCUT2D eigenvalue weighted by molar-refractivity contribution is 5.92. The molecule has 0 saturated carbocycles. The van der Waals surface area contributed by atoms with E-state index in [0.717, 1.165) is 19.2 Å². The summed E-state index contributed by atoms with van der Waals surface area (Å²) in [5, 5.41) is 0. The Balaban J connectivity index is 3.09. The van der Waals surface area contributed by atoms with Gasteiger partial charge in [0.2, 0.25) is 0 Å². The Morgan fingerprint density at radius 1 is 1.27 bits per heavy atom. The van der Waals surface area contributed by atoms with Gasteiger partial charge in [-0.25, -0.2) is 4.79 Å². The van der Waals surface area contributed by atoms with Crippen LogP contribution in [0.4, 0.5) is 13.2 Å². The summed E-state index contributed by atoms with van der Waals surface area (Å²) in [5.41, 5.74) is -0.183. The molecule has 1 aromatic rings. The lowest BCUT2D eigenvalue weighted by Gasteiger charge is -2.21. The average molecular weight is 374 g/mol. The van der Waals surface area contributed by atoms with Crippen molar-refractivity contribution in [3.8, 4) is 18.1 Å². The molecule has 1 unspecified atom stereocenters. The van der Waals surface area contributed by atoms with Gasteiger partial charge in [0.15, 0.2) is 6.10 Å². The molecule has 144 valence electrons. The largest absolute Gasteiger partial charge is 0.490 e. The Morgan fingerprint density at radius 3 is 2.50 bits per heavy atom. The smallest absolute Gasteiger partial charge is 0.418 e. The van der Waals surface area contributed by atoms with Gasteiger partial charge in [0.1, 0.15) is 24.5 Å². The Labute approximate surface area is 150 Å². The molecule has 1 aromatic carbocycles. The first-order valence-electron chi connectivity index (χ1n) is 7.79. The second kappa shape index (κ2) is 10.0. The Bertz CT molecular complexity index is 635. The van der Waals surface area contributed by atoms with E-state index in [-0.39, 0.29) is 36.7 Å². The van der Waals surface area contributed by atoms with Crippen molar-refractivity contribution in [3.63, 3.8) is 0 Å². The number of hydrogen-bond donors (Lipinski definition) is 0. The monoisotopic (exact) mass is 374 g/mol. The number of terminal acetylenes is 1. The van der Waals surface area contributed by atoms with E-state index in [9.17, 15) is 18.0 Å². The van der Waals surface area contributed by atoms with E-state index in [4.69, 9.17) is 20.6 Å². The lowest BCUT2D eigenvalue weighted by molar-refractivity contribution is -0.216. The Morgan fingerprint density at radius 2 is 1.96 bits per heavy atom. The highest BCUT2D eigenvalue weighted by Crippen LogP contribution is 2.37. The summed E-state index contributed by atoms with van der Waals surface area (Å²) in [7, 11) is 0.952. The highest BCUT2D eigenvalue weighted by Gasteiger charge is 2.41. The van der Waals surface area contributed by atoms with Gasteiger partial charge < -0.3 is 18.9 Å². The number of methoxy groups -OCH3 is 1. The molecule has 8 heteroatoms. The molecule has 26 heavy (non-hydrogen) atoms. The maximum Gasteiger partial charge on any atom is 0.418 e. The quantitative estimate of drug-likeness (QED) is 0.376. The van der Waals surface area contributed by atoms with E-state index in [1.807, 2.05) is 0 Å². The minimum absolute atomic E-state index is 0.00322. The standard InChI is InChI=1S/C18H21F3O5/c1-5-8-24-9-10-25-15-11-13(16(23-4)18(19,20)21)6-7-14(15)17(22)26-12(2)3/h1,6-7,11-12,16H,8-10H2,2-4H3. The van der Waals surface area contributed by atoms with E-state index in [1.165, 1.54) is 6.07 Å². The van der Waals surface area contributed by atoms with Gasteiger partial charge in [0.05, 0.1) is 12.7 Å². The van der Waals surface area contributed by atoms with Crippen LogP contribution in [0.3, 0.4) is 0 Å². The zero-order valence-electron chi connectivity index (χ0n) is 14.8. The number of alkyl halides is 3. The van der Waals surface area contributed by atoms with Gasteiger partial charge in [0.25, 0.3) is 0 Å². The number of benzene rings is 1. The van der Waals surface area contributed by atoms with Gasteiger partial charge in [-0.2, -0.15) is 13.2 Å². The van der Waals surface area contributed by atoms with Gasteiger partial charge in [-0.1, -0.05) is 12.0 Å². The predicted octanol–water partition coefficient (Wildman–Crippen LogP) is 3.53. The van der Waals surface area contributed by atoms with Crippen molar-refractivity contribution < 1.29 is 36.9 Å². The van der Waals surface area contributed by atoms with Gasteiger partial charge in [-0.15, -0.1) is 6.42 Å². The Kier molecular flexibility index (Phi) is 8.42. The van der Waals surface area contributed by atoms with Gasteiger partial charge in [-0.3, -0.25) is 0 Å². The second-order valence-corrected chi connectivity index (χ2v) is 5.47. The molecule has 0 saturated heterocycles. The fourth-order valence-electron chi connectivity index (χ4n) is 2.07. The minimum atomic E-state index is -4.61. The molecule has 0 N–H and O–H groups in total. The predicted molar refractivity (Wildman–Crippen MR) is 87.9 cm³/mol. The van der Waals surface area contributed by atoms with Crippen LogP contribution in [-0.4, -0.2) is 45.2 Å². The van der Waals surface area contributed by atoms with E-state index >= 15 is 0 Å². The molecule has 0 spiro atoms. The van der Waals surface area contributed by atoms with Crippen LogP contribution < -0.4 is 4.74 Å². The minimum Gasteiger partial charge on any atom is -0.490 e. The lowest BCUT2D eigenvalue weighted by Crippen LogP contribution is -2.23. The third-order valence-electron chi connectivity index (χ3n) is 3.07. The highest BCUT2D eigenvalue weighted by atomic mass is 19.4. The summed E-state index contributed by atoms with van der Waals surface area (Å²) in [4.78, 5) is 12.1. The molecular weight excluding hydrogens is 353 g/mol. The molecule has 0 aliphatic rings. The third-order valence-corrected chi connectivity index (χ3v) is 3.07. The van der Waals surface area contributed by atoms with Gasteiger partial charge in [-0.05, 0) is 31.5 Å². The van der Waals surface area contributed by atoms with Crippen LogP contribution in [-0.2, 0) is 14.2 Å². The molecule has 0 radical (unpaired) electrons. The molecule has 0 heterocycles. The Hall–Kier alpha value is -2.24. The van der Waals surface area contributed by atoms with Crippen LogP contribution in [0.15, 0.2) is 18.2 Å². The molecule has 0 aliphatic carbocycles. The van der Waals surface area contributed by atoms with Crippen molar-refractivity contribution >= 4 is 5.97 Å². The summed E-state index contributed by atoms with van der Waals surface area (Å²) in [5.74, 6) is 1.52. The maximum absolute atomic E-state index is 13.1. The van der Waals surface area contributed by atoms with E-state index in [0.29, 0.717) is 0 Å². The zero-order valence-corrected chi connectivity index (χ0v) is 14.8. The van der Waals surface area contributed by atoms with Crippen LogP contribution in [0.5, 0.6) is 5.75 Å². The average Bonchev–Trinajstić information content (AvgIpc) is 2.53. The second-order valence-electron chi connectivity index (χ2n) is 5.47. The zero-order chi connectivity index (χ0) is 19.7. The first kappa shape index (κ1) is 21.8. The van der Waals surface area contributed by atoms with Crippen molar-refractivity contribution in [3.05, 3.63) is 29.3 Å². The van der Waals surface area contributed by atoms with Gasteiger partial charge in [0, 0.05) is 7.11 Å². The van der Waals surface area contributed by atoms with Crippen LogP contribution in [0.2, 0.25) is 0 Å². The fraction of sp³-hybridized carbons (Fsp3) is 0.500. The molecule has 0 bridgehead atoms. The van der Waals surface area contributed by atoms with Crippen LogP contribution in [0.25, 0.3) is 0 Å². The van der Waals surface area contributed by atoms with Crippen molar-refractivity contribution in [1.29, 1.82) is 0 Å². The number of ether oxygens (including phenoxy) is 4.